The van der Waals surface area contributed by atoms with E-state index in [2.05, 4.69) is 9.88 Å². The molecule has 0 spiro atoms. The fraction of sp³-hybridized carbons (Fsp3) is 0.481. The highest BCUT2D eigenvalue weighted by atomic mass is 32.2. The Morgan fingerprint density at radius 3 is 2.54 bits per heavy atom. The number of sulfonamides is 1. The molecule has 0 saturated carbocycles. The molecule has 2 heterocycles. The third-order valence-electron chi connectivity index (χ3n) is 6.26. The molecule has 0 aliphatic carbocycles. The molecule has 2 aromatic carbocycles. The van der Waals surface area contributed by atoms with Gasteiger partial charge in [0.25, 0.3) is 10.0 Å². The quantitative estimate of drug-likeness (QED) is 0.394. The number of anilines is 1. The molecule has 212 valence electrons. The lowest BCUT2D eigenvalue weighted by atomic mass is 10.1. The second-order valence-corrected chi connectivity index (χ2v) is 11.9. The van der Waals surface area contributed by atoms with Crippen LogP contribution in [0, 0.1) is 0 Å². The van der Waals surface area contributed by atoms with Gasteiger partial charge in [-0.2, -0.15) is 0 Å². The van der Waals surface area contributed by atoms with Crippen LogP contribution in [0.15, 0.2) is 39.8 Å². The average molecular weight is 562 g/mol. The third kappa shape index (κ3) is 6.56. The van der Waals surface area contributed by atoms with E-state index in [4.69, 9.17) is 23.5 Å². The molecule has 11 nitrogen and oxygen atoms in total. The van der Waals surface area contributed by atoms with Crippen molar-refractivity contribution in [1.29, 1.82) is 0 Å². The highest BCUT2D eigenvalue weighted by Gasteiger charge is 2.30. The lowest BCUT2D eigenvalue weighted by Gasteiger charge is -2.24. The van der Waals surface area contributed by atoms with Crippen LogP contribution in [0.25, 0.3) is 11.0 Å². The number of carbonyl (C=O) groups is 1. The van der Waals surface area contributed by atoms with Crippen LogP contribution < -0.4 is 14.2 Å². The minimum atomic E-state index is -4.05. The number of rotatable bonds is 9. The van der Waals surface area contributed by atoms with Gasteiger partial charge in [-0.15, -0.1) is 0 Å². The van der Waals surface area contributed by atoms with Gasteiger partial charge in [0.2, 0.25) is 0 Å². The molecule has 1 unspecified atom stereocenters. The number of benzene rings is 2. The van der Waals surface area contributed by atoms with Gasteiger partial charge in [0, 0.05) is 6.54 Å². The van der Waals surface area contributed by atoms with Crippen molar-refractivity contribution in [2.24, 2.45) is 0 Å². The lowest BCUT2D eigenvalue weighted by molar-refractivity contribution is 0.0184. The number of hydrogen-bond acceptors (Lipinski definition) is 9. The van der Waals surface area contributed by atoms with Crippen LogP contribution >= 0.6 is 0 Å². The molecule has 1 aliphatic rings. The molecule has 12 heteroatoms. The predicted molar refractivity (Wildman–Crippen MR) is 145 cm³/mol. The van der Waals surface area contributed by atoms with Gasteiger partial charge in [-0.05, 0) is 69.0 Å². The Hall–Kier alpha value is -3.51. The summed E-state index contributed by atoms with van der Waals surface area (Å²) in [7, 11) is -1.15. The Labute approximate surface area is 228 Å². The molecule has 39 heavy (non-hydrogen) atoms. The summed E-state index contributed by atoms with van der Waals surface area (Å²) < 4.78 is 56.9. The van der Waals surface area contributed by atoms with Crippen molar-refractivity contribution >= 4 is 32.9 Å². The van der Waals surface area contributed by atoms with E-state index in [0.717, 1.165) is 11.1 Å². The first kappa shape index (κ1) is 28.5. The highest BCUT2D eigenvalue weighted by Crippen LogP contribution is 2.36. The molecular formula is C27H35N3O8S. The molecule has 4 rings (SSSR count). The zero-order valence-corrected chi connectivity index (χ0v) is 23.9. The fourth-order valence-corrected chi connectivity index (χ4v) is 5.53. The first-order valence-electron chi connectivity index (χ1n) is 12.7. The number of fused-ring (bicyclic) bond motifs is 1. The van der Waals surface area contributed by atoms with Crippen LogP contribution in [0.5, 0.6) is 11.5 Å². The van der Waals surface area contributed by atoms with Crippen LogP contribution in [-0.2, 0) is 32.5 Å². The average Bonchev–Trinajstić information content (AvgIpc) is 3.53. The number of hydrogen-bond donors (Lipinski definition) is 1. The third-order valence-corrected chi connectivity index (χ3v) is 7.62. The molecular weight excluding hydrogens is 526 g/mol. The van der Waals surface area contributed by atoms with Gasteiger partial charge in [0.05, 0.1) is 33.5 Å². The molecule has 1 saturated heterocycles. The minimum Gasteiger partial charge on any atom is -0.496 e. The molecule has 1 atom stereocenters. The van der Waals surface area contributed by atoms with Gasteiger partial charge in [-0.25, -0.2) is 13.2 Å². The number of carbonyl (C=O) groups excluding carboxylic acids is 1. The van der Waals surface area contributed by atoms with Gasteiger partial charge in [0.15, 0.2) is 11.4 Å². The fourth-order valence-electron chi connectivity index (χ4n) is 4.31. The Bertz CT molecular complexity index is 1450. The van der Waals surface area contributed by atoms with Crippen LogP contribution in [0.2, 0.25) is 0 Å². The van der Waals surface area contributed by atoms with E-state index < -0.39 is 15.6 Å². The van der Waals surface area contributed by atoms with Crippen LogP contribution in [0.3, 0.4) is 0 Å². The minimum absolute atomic E-state index is 0.00137. The van der Waals surface area contributed by atoms with E-state index in [1.54, 1.807) is 29.2 Å². The molecule has 3 aromatic rings. The summed E-state index contributed by atoms with van der Waals surface area (Å²) in [6.45, 7) is 8.66. The number of likely N-dealkylation sites (tertiary alicyclic amines) is 1. The van der Waals surface area contributed by atoms with Gasteiger partial charge in [0.1, 0.15) is 27.4 Å². The number of nitrogens with one attached hydrogen (secondary N) is 1. The largest absolute Gasteiger partial charge is 0.496 e. The number of amides is 1. The molecule has 1 aliphatic heterocycles. The summed E-state index contributed by atoms with van der Waals surface area (Å²) >= 11 is 0. The number of aryl methyl sites for hydroxylation is 1. The van der Waals surface area contributed by atoms with Gasteiger partial charge >= 0.3 is 6.09 Å². The number of ether oxygens (including phenoxy) is 4. The van der Waals surface area contributed by atoms with Crippen molar-refractivity contribution in [1.82, 2.24) is 10.1 Å². The molecule has 0 bridgehead atoms. The normalized spacial score (nSPS) is 15.9. The van der Waals surface area contributed by atoms with Crippen molar-refractivity contribution in [3.8, 4) is 11.5 Å². The molecule has 0 radical (unpaired) electrons. The second-order valence-electron chi connectivity index (χ2n) is 10.3. The summed E-state index contributed by atoms with van der Waals surface area (Å²) in [6, 6.07) is 8.48. The van der Waals surface area contributed by atoms with Gasteiger partial charge in [-0.3, -0.25) is 4.72 Å². The SMILES string of the molecule is CCc1ccc(OC)c(S(=O)(=O)Nc2noc3cc(COC4CCN(C(=O)OC(C)(C)C)C4)cc(OC)c23)c1. The zero-order valence-electron chi connectivity index (χ0n) is 23.1. The van der Waals surface area contributed by atoms with Crippen molar-refractivity contribution in [3.63, 3.8) is 0 Å². The second kappa shape index (κ2) is 11.3. The van der Waals surface area contributed by atoms with Crippen LogP contribution in [0.4, 0.5) is 10.6 Å². The first-order chi connectivity index (χ1) is 18.4. The van der Waals surface area contributed by atoms with E-state index in [-0.39, 0.29) is 35.3 Å². The Morgan fingerprint density at radius 1 is 1.13 bits per heavy atom. The lowest BCUT2D eigenvalue weighted by Crippen LogP contribution is -2.36. The van der Waals surface area contributed by atoms with Crippen molar-refractivity contribution in [2.75, 3.05) is 32.0 Å². The molecule has 1 N–H and O–H groups in total. The first-order valence-corrected chi connectivity index (χ1v) is 14.2. The standard InChI is InChI=1S/C27H35N3O8S/c1-7-17-8-9-20(34-5)23(14-17)39(32,33)29-25-24-21(35-6)12-18(13-22(24)38-28-25)16-36-19-10-11-30(15-19)26(31)37-27(2,3)4/h8-9,12-14,19H,7,10-11,15-16H2,1-6H3,(H,28,29). The Morgan fingerprint density at radius 2 is 1.87 bits per heavy atom. The zero-order chi connectivity index (χ0) is 28.4. The van der Waals surface area contributed by atoms with Crippen molar-refractivity contribution < 1.29 is 36.7 Å². The van der Waals surface area contributed by atoms with Crippen molar-refractivity contribution in [2.45, 2.75) is 63.7 Å². The highest BCUT2D eigenvalue weighted by molar-refractivity contribution is 7.92. The van der Waals surface area contributed by atoms with Crippen LogP contribution in [0.1, 0.15) is 45.2 Å². The molecule has 1 fully saturated rings. The monoisotopic (exact) mass is 561 g/mol. The summed E-state index contributed by atoms with van der Waals surface area (Å²) in [5.74, 6) is 0.597. The van der Waals surface area contributed by atoms with E-state index in [1.165, 1.54) is 14.2 Å². The maximum Gasteiger partial charge on any atom is 0.410 e. The van der Waals surface area contributed by atoms with E-state index in [9.17, 15) is 13.2 Å². The molecule has 1 aromatic heterocycles. The van der Waals surface area contributed by atoms with E-state index in [0.29, 0.717) is 42.6 Å². The maximum absolute atomic E-state index is 13.3. The van der Waals surface area contributed by atoms with Crippen molar-refractivity contribution in [3.05, 3.63) is 41.5 Å². The molecule has 1 amide bonds. The summed E-state index contributed by atoms with van der Waals surface area (Å²) in [5, 5.41) is 4.35. The Balaban J connectivity index is 1.50. The topological polar surface area (TPSA) is 129 Å². The van der Waals surface area contributed by atoms with E-state index in [1.807, 2.05) is 33.8 Å². The smallest absolute Gasteiger partial charge is 0.410 e. The summed E-state index contributed by atoms with van der Waals surface area (Å²) in [5.41, 5.74) is 1.37. The summed E-state index contributed by atoms with van der Waals surface area (Å²) in [4.78, 5) is 14.0. The summed E-state index contributed by atoms with van der Waals surface area (Å²) in [6.07, 6.45) is 0.852. The Kier molecular flexibility index (Phi) is 8.26. The van der Waals surface area contributed by atoms with Gasteiger partial charge < -0.3 is 28.4 Å². The number of nitrogens with zero attached hydrogens (tertiary/aromatic N) is 2. The number of aromatic nitrogens is 1. The van der Waals surface area contributed by atoms with Gasteiger partial charge in [-0.1, -0.05) is 18.1 Å². The van der Waals surface area contributed by atoms with E-state index >= 15 is 0 Å². The van der Waals surface area contributed by atoms with Crippen LogP contribution in [-0.4, -0.2) is 63.6 Å². The predicted octanol–water partition coefficient (Wildman–Crippen LogP) is 4.73. The maximum atomic E-state index is 13.3. The number of methoxy groups -OCH3 is 2.